The van der Waals surface area contributed by atoms with Crippen LogP contribution < -0.4 is 10.1 Å². The summed E-state index contributed by atoms with van der Waals surface area (Å²) in [6, 6.07) is 10.9. The minimum Gasteiger partial charge on any atom is -0.485 e. The Bertz CT molecular complexity index is 550. The Hall–Kier alpha value is -1.32. The molecule has 1 aromatic heterocycles. The first kappa shape index (κ1) is 13.7. The van der Waals surface area contributed by atoms with Crippen molar-refractivity contribution < 1.29 is 4.74 Å². The topological polar surface area (TPSA) is 21.3 Å². The molecule has 0 fully saturated rings. The van der Waals surface area contributed by atoms with Crippen LogP contribution in [0.4, 0.5) is 0 Å². The van der Waals surface area contributed by atoms with E-state index in [0.29, 0.717) is 0 Å². The van der Waals surface area contributed by atoms with E-state index in [1.165, 1.54) is 35.3 Å². The predicted molar refractivity (Wildman–Crippen MR) is 84.7 cm³/mol. The van der Waals surface area contributed by atoms with E-state index in [-0.39, 0.29) is 6.10 Å². The number of aryl methyl sites for hydroxylation is 2. The molecule has 106 valence electrons. The number of thiophene rings is 1. The summed E-state index contributed by atoms with van der Waals surface area (Å²) >= 11 is 1.77. The zero-order valence-corrected chi connectivity index (χ0v) is 12.7. The van der Waals surface area contributed by atoms with Gasteiger partial charge < -0.3 is 10.1 Å². The van der Waals surface area contributed by atoms with E-state index in [4.69, 9.17) is 4.74 Å². The fraction of sp³-hybridized carbons (Fsp3) is 0.412. The third-order valence-corrected chi connectivity index (χ3v) is 4.83. The quantitative estimate of drug-likeness (QED) is 0.868. The lowest BCUT2D eigenvalue weighted by atomic mass is 10.1. The van der Waals surface area contributed by atoms with Crippen LogP contribution in [0, 0.1) is 0 Å². The molecule has 1 aliphatic carbocycles. The Labute approximate surface area is 124 Å². The van der Waals surface area contributed by atoms with E-state index in [9.17, 15) is 0 Å². The van der Waals surface area contributed by atoms with Crippen molar-refractivity contribution in [3.05, 3.63) is 51.7 Å². The molecule has 0 bridgehead atoms. The molecule has 0 saturated heterocycles. The summed E-state index contributed by atoms with van der Waals surface area (Å²) in [5.74, 6) is 1.01. The molecule has 2 aromatic rings. The largest absolute Gasteiger partial charge is 0.485 e. The second kappa shape index (κ2) is 6.42. The van der Waals surface area contributed by atoms with Gasteiger partial charge >= 0.3 is 0 Å². The standard InChI is InChI=1S/C17H21NOS/c1-18-10-9-16(17-6-3-11-20-17)19-15-8-7-13-4-2-5-14(13)12-15/h3,6-8,11-12,16,18H,2,4-5,9-10H2,1H3/t16-/m0/s1. The van der Waals surface area contributed by atoms with Gasteiger partial charge in [0.25, 0.3) is 0 Å². The van der Waals surface area contributed by atoms with E-state index < -0.39 is 0 Å². The minimum absolute atomic E-state index is 0.155. The van der Waals surface area contributed by atoms with E-state index in [0.717, 1.165) is 18.7 Å². The summed E-state index contributed by atoms with van der Waals surface area (Å²) in [7, 11) is 1.99. The van der Waals surface area contributed by atoms with Gasteiger partial charge in [0.1, 0.15) is 11.9 Å². The Balaban J connectivity index is 1.75. The number of benzene rings is 1. The normalized spacial score (nSPS) is 15.1. The second-order valence-corrected chi connectivity index (χ2v) is 6.28. The van der Waals surface area contributed by atoms with Crippen molar-refractivity contribution in [2.75, 3.05) is 13.6 Å². The number of nitrogens with one attached hydrogen (secondary N) is 1. The fourth-order valence-corrected chi connectivity index (χ4v) is 3.58. The van der Waals surface area contributed by atoms with Gasteiger partial charge in [-0.1, -0.05) is 12.1 Å². The molecule has 1 N–H and O–H groups in total. The van der Waals surface area contributed by atoms with E-state index in [2.05, 4.69) is 41.0 Å². The van der Waals surface area contributed by atoms with Gasteiger partial charge in [0.2, 0.25) is 0 Å². The number of hydrogen-bond donors (Lipinski definition) is 1. The van der Waals surface area contributed by atoms with Gasteiger partial charge in [0.05, 0.1) is 0 Å². The first-order chi connectivity index (χ1) is 9.86. The Morgan fingerprint density at radius 3 is 2.95 bits per heavy atom. The number of fused-ring (bicyclic) bond motifs is 1. The van der Waals surface area contributed by atoms with Gasteiger partial charge in [-0.25, -0.2) is 0 Å². The zero-order chi connectivity index (χ0) is 13.8. The van der Waals surface area contributed by atoms with Crippen molar-refractivity contribution in [1.82, 2.24) is 5.32 Å². The van der Waals surface area contributed by atoms with Gasteiger partial charge in [-0.05, 0) is 67.6 Å². The third-order valence-electron chi connectivity index (χ3n) is 3.87. The highest BCUT2D eigenvalue weighted by molar-refractivity contribution is 7.10. The molecule has 0 amide bonds. The van der Waals surface area contributed by atoms with Crippen LogP contribution >= 0.6 is 11.3 Å². The maximum absolute atomic E-state index is 6.26. The summed E-state index contributed by atoms with van der Waals surface area (Å²) in [5.41, 5.74) is 2.97. The van der Waals surface area contributed by atoms with Crippen LogP contribution in [0.3, 0.4) is 0 Å². The highest BCUT2D eigenvalue weighted by atomic mass is 32.1. The van der Waals surface area contributed by atoms with Gasteiger partial charge in [-0.2, -0.15) is 0 Å². The summed E-state index contributed by atoms with van der Waals surface area (Å²) in [5, 5.41) is 5.33. The SMILES string of the molecule is CNCC[C@H](Oc1ccc2c(c1)CCC2)c1cccs1. The van der Waals surface area contributed by atoms with Crippen LogP contribution in [0.5, 0.6) is 5.75 Å². The third kappa shape index (κ3) is 3.05. The molecule has 3 rings (SSSR count). The van der Waals surface area contributed by atoms with Crippen LogP contribution in [0.1, 0.15) is 34.9 Å². The van der Waals surface area contributed by atoms with Crippen LogP contribution in [0.15, 0.2) is 35.7 Å². The summed E-state index contributed by atoms with van der Waals surface area (Å²) in [6.45, 7) is 0.966. The molecule has 0 radical (unpaired) electrons. The van der Waals surface area contributed by atoms with Gasteiger partial charge in [0.15, 0.2) is 0 Å². The zero-order valence-electron chi connectivity index (χ0n) is 11.9. The van der Waals surface area contributed by atoms with Crippen LogP contribution in [-0.4, -0.2) is 13.6 Å². The van der Waals surface area contributed by atoms with Gasteiger partial charge in [-0.15, -0.1) is 11.3 Å². The van der Waals surface area contributed by atoms with Crippen molar-refractivity contribution in [2.24, 2.45) is 0 Å². The Kier molecular flexibility index (Phi) is 4.38. The minimum atomic E-state index is 0.155. The smallest absolute Gasteiger partial charge is 0.134 e. The summed E-state index contributed by atoms with van der Waals surface area (Å²) in [6.07, 6.45) is 4.86. The van der Waals surface area contributed by atoms with Crippen molar-refractivity contribution in [1.29, 1.82) is 0 Å². The van der Waals surface area contributed by atoms with E-state index in [1.54, 1.807) is 11.3 Å². The van der Waals surface area contributed by atoms with Crippen molar-refractivity contribution in [3.8, 4) is 5.75 Å². The fourth-order valence-electron chi connectivity index (χ4n) is 2.79. The van der Waals surface area contributed by atoms with Crippen LogP contribution in [0.25, 0.3) is 0 Å². The predicted octanol–water partition coefficient (Wildman–Crippen LogP) is 3.97. The molecule has 1 heterocycles. The first-order valence-electron chi connectivity index (χ1n) is 7.33. The molecule has 0 aliphatic heterocycles. The van der Waals surface area contributed by atoms with Crippen molar-refractivity contribution >= 4 is 11.3 Å². The molecule has 20 heavy (non-hydrogen) atoms. The maximum atomic E-state index is 6.26. The van der Waals surface area contributed by atoms with Crippen LogP contribution in [0.2, 0.25) is 0 Å². The molecule has 0 unspecified atom stereocenters. The number of ether oxygens (including phenoxy) is 1. The second-order valence-electron chi connectivity index (χ2n) is 5.30. The summed E-state index contributed by atoms with van der Waals surface area (Å²) < 4.78 is 6.26. The van der Waals surface area contributed by atoms with Gasteiger partial charge in [0, 0.05) is 11.3 Å². The van der Waals surface area contributed by atoms with E-state index in [1.807, 2.05) is 7.05 Å². The van der Waals surface area contributed by atoms with Crippen LogP contribution in [-0.2, 0) is 12.8 Å². The lowest BCUT2D eigenvalue weighted by Crippen LogP contribution is -2.15. The van der Waals surface area contributed by atoms with Gasteiger partial charge in [-0.3, -0.25) is 0 Å². The Morgan fingerprint density at radius 2 is 2.15 bits per heavy atom. The molecule has 1 atom stereocenters. The highest BCUT2D eigenvalue weighted by Gasteiger charge is 2.16. The average molecular weight is 287 g/mol. The van der Waals surface area contributed by atoms with E-state index >= 15 is 0 Å². The molecule has 1 aromatic carbocycles. The van der Waals surface area contributed by atoms with Crippen molar-refractivity contribution in [2.45, 2.75) is 31.8 Å². The number of rotatable bonds is 6. The first-order valence-corrected chi connectivity index (χ1v) is 8.21. The molecule has 0 saturated carbocycles. The lowest BCUT2D eigenvalue weighted by Gasteiger charge is -2.18. The molecular weight excluding hydrogens is 266 g/mol. The molecule has 2 nitrogen and oxygen atoms in total. The summed E-state index contributed by atoms with van der Waals surface area (Å²) in [4.78, 5) is 1.31. The lowest BCUT2D eigenvalue weighted by molar-refractivity contribution is 0.198. The maximum Gasteiger partial charge on any atom is 0.134 e. The number of hydrogen-bond acceptors (Lipinski definition) is 3. The monoisotopic (exact) mass is 287 g/mol. The Morgan fingerprint density at radius 1 is 1.25 bits per heavy atom. The molecular formula is C17H21NOS. The molecule has 3 heteroatoms. The molecule has 1 aliphatic rings. The highest BCUT2D eigenvalue weighted by Crippen LogP contribution is 2.31. The molecule has 0 spiro atoms. The van der Waals surface area contributed by atoms with Crippen molar-refractivity contribution in [3.63, 3.8) is 0 Å². The average Bonchev–Trinajstić information content (AvgIpc) is 3.13.